The van der Waals surface area contributed by atoms with Gasteiger partial charge >= 0.3 is 0 Å². The Hall–Kier alpha value is -3.64. The highest BCUT2D eigenvalue weighted by Crippen LogP contribution is 2.44. The quantitative estimate of drug-likeness (QED) is 0.500. The van der Waals surface area contributed by atoms with E-state index < -0.39 is 17.1 Å². The van der Waals surface area contributed by atoms with Crippen LogP contribution in [-0.4, -0.2) is 61.1 Å². The van der Waals surface area contributed by atoms with Crippen LogP contribution in [0.15, 0.2) is 77.6 Å². The summed E-state index contributed by atoms with van der Waals surface area (Å²) in [4.78, 5) is 17.1. The molecule has 3 atom stereocenters. The summed E-state index contributed by atoms with van der Waals surface area (Å²) in [5, 5.41) is 29.8. The SMILES string of the molecule is COc1cc(=O)c([C@@]2(O)CC[C@H](CN(C)C)[C@@H]2O)c(OC)[nH]1.N#Cc1ccccc1.c1ccccc1. The van der Waals surface area contributed by atoms with Crippen molar-refractivity contribution in [2.24, 2.45) is 5.92 Å². The van der Waals surface area contributed by atoms with Gasteiger partial charge in [-0.1, -0.05) is 54.6 Å². The molecule has 36 heavy (non-hydrogen) atoms. The maximum atomic E-state index is 12.4. The molecular weight excluding hydrogens is 458 g/mol. The summed E-state index contributed by atoms with van der Waals surface area (Å²) in [6.07, 6.45) is -0.0959. The Morgan fingerprint density at radius 1 is 1.06 bits per heavy atom. The normalized spacial score (nSPS) is 20.3. The highest BCUT2D eigenvalue weighted by atomic mass is 16.5. The van der Waals surface area contributed by atoms with Crippen LogP contribution >= 0.6 is 0 Å². The molecule has 8 nitrogen and oxygen atoms in total. The molecule has 192 valence electrons. The van der Waals surface area contributed by atoms with Crippen molar-refractivity contribution in [2.75, 3.05) is 34.9 Å². The average Bonchev–Trinajstić information content (AvgIpc) is 3.18. The standard InChI is InChI=1S/C15H24N2O5.C7H5N.C6H6/c1-17(2)8-9-5-6-15(20,13(9)19)12-10(18)7-11(21-3)16-14(12)22-4;8-6-7-4-2-1-3-5-7;1-2-4-6-5-3-1/h7,9,13,19-20H,5-6,8H2,1-4H3,(H,16,18);1-5H;1-6H/t9-,13+,15+;;/m1../s1. The summed E-state index contributed by atoms with van der Waals surface area (Å²) in [6.45, 7) is 0.639. The second kappa shape index (κ2) is 14.0. The van der Waals surface area contributed by atoms with Gasteiger partial charge in [-0.15, -0.1) is 0 Å². The minimum Gasteiger partial charge on any atom is -0.482 e. The monoisotopic (exact) mass is 493 g/mol. The molecule has 0 aliphatic heterocycles. The second-order valence-electron chi connectivity index (χ2n) is 8.67. The number of rotatable bonds is 5. The van der Waals surface area contributed by atoms with Crippen molar-refractivity contribution >= 4 is 0 Å². The summed E-state index contributed by atoms with van der Waals surface area (Å²) in [6, 6.07) is 24.4. The van der Waals surface area contributed by atoms with Gasteiger partial charge in [0, 0.05) is 18.5 Å². The molecule has 0 unspecified atom stereocenters. The number of methoxy groups -OCH3 is 2. The summed E-state index contributed by atoms with van der Waals surface area (Å²) < 4.78 is 10.2. The number of nitrogens with zero attached hydrogens (tertiary/aromatic N) is 2. The highest BCUT2D eigenvalue weighted by Gasteiger charge is 2.50. The van der Waals surface area contributed by atoms with Crippen LogP contribution in [0.5, 0.6) is 11.8 Å². The van der Waals surface area contributed by atoms with Gasteiger partial charge in [0.05, 0.1) is 37.5 Å². The lowest BCUT2D eigenvalue weighted by molar-refractivity contribution is -0.0767. The van der Waals surface area contributed by atoms with Crippen LogP contribution in [-0.2, 0) is 5.60 Å². The number of nitrogens with one attached hydrogen (secondary N) is 1. The maximum Gasteiger partial charge on any atom is 0.203 e. The predicted molar refractivity (Wildman–Crippen MR) is 139 cm³/mol. The van der Waals surface area contributed by atoms with Crippen molar-refractivity contribution in [3.05, 3.63) is 94.1 Å². The molecule has 0 saturated heterocycles. The highest BCUT2D eigenvalue weighted by molar-refractivity contribution is 5.37. The third-order valence-electron chi connectivity index (χ3n) is 5.83. The van der Waals surface area contributed by atoms with Gasteiger partial charge in [0.2, 0.25) is 5.88 Å². The minimum absolute atomic E-state index is 0.0598. The van der Waals surface area contributed by atoms with E-state index in [1.807, 2.05) is 79.7 Å². The van der Waals surface area contributed by atoms with E-state index >= 15 is 0 Å². The van der Waals surface area contributed by atoms with Crippen molar-refractivity contribution in [3.63, 3.8) is 0 Å². The number of hydrogen-bond acceptors (Lipinski definition) is 7. The Labute approximate surface area is 212 Å². The summed E-state index contributed by atoms with van der Waals surface area (Å²) >= 11 is 0. The largest absolute Gasteiger partial charge is 0.482 e. The molecule has 0 bridgehead atoms. The Morgan fingerprint density at radius 2 is 1.61 bits per heavy atom. The Kier molecular flexibility index (Phi) is 11.2. The van der Waals surface area contributed by atoms with E-state index in [4.69, 9.17) is 14.7 Å². The molecule has 1 aliphatic carbocycles. The topological polar surface area (TPSA) is 119 Å². The first-order chi connectivity index (χ1) is 17.3. The number of aromatic amines is 1. The number of nitriles is 1. The van der Waals surface area contributed by atoms with Crippen molar-refractivity contribution < 1.29 is 19.7 Å². The first-order valence-corrected chi connectivity index (χ1v) is 11.6. The number of H-pyrrole nitrogens is 1. The zero-order chi connectivity index (χ0) is 26.6. The third-order valence-corrected chi connectivity index (χ3v) is 5.83. The van der Waals surface area contributed by atoms with E-state index in [1.54, 1.807) is 12.1 Å². The first kappa shape index (κ1) is 28.6. The molecular formula is C28H35N3O5. The minimum atomic E-state index is -1.62. The van der Waals surface area contributed by atoms with Crippen molar-refractivity contribution in [1.82, 2.24) is 9.88 Å². The molecule has 8 heteroatoms. The van der Waals surface area contributed by atoms with E-state index in [2.05, 4.69) is 4.98 Å². The van der Waals surface area contributed by atoms with Gasteiger partial charge < -0.3 is 24.6 Å². The molecule has 0 radical (unpaired) electrons. The molecule has 1 aliphatic rings. The number of aliphatic hydroxyl groups is 2. The molecule has 1 heterocycles. The van der Waals surface area contributed by atoms with Gasteiger partial charge in [0.1, 0.15) is 5.60 Å². The molecule has 2 aromatic carbocycles. The van der Waals surface area contributed by atoms with Gasteiger partial charge in [0.15, 0.2) is 11.3 Å². The van der Waals surface area contributed by atoms with Crippen LogP contribution in [0.2, 0.25) is 0 Å². The summed E-state index contributed by atoms with van der Waals surface area (Å²) in [5.74, 6) is 0.258. The first-order valence-electron chi connectivity index (χ1n) is 11.6. The number of ether oxygens (including phenoxy) is 2. The van der Waals surface area contributed by atoms with Crippen molar-refractivity contribution in [1.29, 1.82) is 5.26 Å². The summed E-state index contributed by atoms with van der Waals surface area (Å²) in [7, 11) is 6.64. The van der Waals surface area contributed by atoms with Crippen LogP contribution in [0.4, 0.5) is 0 Å². The van der Waals surface area contributed by atoms with E-state index in [-0.39, 0.29) is 23.2 Å². The lowest BCUT2D eigenvalue weighted by Gasteiger charge is -2.30. The molecule has 0 amide bonds. The van der Waals surface area contributed by atoms with E-state index in [0.717, 1.165) is 0 Å². The fourth-order valence-corrected chi connectivity index (χ4v) is 4.12. The molecule has 3 N–H and O–H groups in total. The van der Waals surface area contributed by atoms with Crippen LogP contribution in [0.1, 0.15) is 24.0 Å². The average molecular weight is 494 g/mol. The van der Waals surface area contributed by atoms with Gasteiger partial charge in [-0.2, -0.15) is 5.26 Å². The Balaban J connectivity index is 0.000000263. The number of aromatic nitrogens is 1. The van der Waals surface area contributed by atoms with Gasteiger partial charge in [0.25, 0.3) is 0 Å². The third kappa shape index (κ3) is 7.68. The van der Waals surface area contributed by atoms with Crippen molar-refractivity contribution in [2.45, 2.75) is 24.5 Å². The maximum absolute atomic E-state index is 12.4. The fraction of sp³-hybridized carbons (Fsp3) is 0.357. The van der Waals surface area contributed by atoms with E-state index in [0.29, 0.717) is 24.9 Å². The van der Waals surface area contributed by atoms with Crippen LogP contribution in [0.3, 0.4) is 0 Å². The van der Waals surface area contributed by atoms with Gasteiger partial charge in [-0.3, -0.25) is 9.78 Å². The smallest absolute Gasteiger partial charge is 0.203 e. The zero-order valence-corrected chi connectivity index (χ0v) is 21.2. The number of pyridine rings is 1. The van der Waals surface area contributed by atoms with Crippen LogP contribution in [0, 0.1) is 17.2 Å². The van der Waals surface area contributed by atoms with E-state index in [1.165, 1.54) is 20.3 Å². The number of aliphatic hydroxyl groups excluding tert-OH is 1. The molecule has 1 aromatic heterocycles. The van der Waals surface area contributed by atoms with Crippen molar-refractivity contribution in [3.8, 4) is 17.8 Å². The summed E-state index contributed by atoms with van der Waals surface area (Å²) in [5.41, 5.74) is -1.26. The number of benzene rings is 2. The Morgan fingerprint density at radius 3 is 2.06 bits per heavy atom. The molecule has 3 aromatic rings. The fourth-order valence-electron chi connectivity index (χ4n) is 4.12. The lowest BCUT2D eigenvalue weighted by atomic mass is 9.88. The molecule has 1 saturated carbocycles. The van der Waals surface area contributed by atoms with Gasteiger partial charge in [-0.05, 0) is 39.1 Å². The molecule has 4 rings (SSSR count). The van der Waals surface area contributed by atoms with Crippen LogP contribution in [0.25, 0.3) is 0 Å². The second-order valence-corrected chi connectivity index (χ2v) is 8.67. The lowest BCUT2D eigenvalue weighted by Crippen LogP contribution is -2.43. The molecule has 0 spiro atoms. The molecule has 1 fully saturated rings. The van der Waals surface area contributed by atoms with Gasteiger partial charge in [-0.25, -0.2) is 0 Å². The van der Waals surface area contributed by atoms with Crippen LogP contribution < -0.4 is 14.9 Å². The van der Waals surface area contributed by atoms with E-state index in [9.17, 15) is 15.0 Å². The predicted octanol–water partition coefficient (Wildman–Crippen LogP) is 3.16. The Bertz CT molecular complexity index is 1120. The zero-order valence-electron chi connectivity index (χ0n) is 21.2. The number of hydrogen-bond donors (Lipinski definition) is 3.